The molecule has 2 aromatic rings. The van der Waals surface area contributed by atoms with Crippen molar-refractivity contribution in [2.45, 2.75) is 5.38 Å². The second-order valence-electron chi connectivity index (χ2n) is 3.69. The first-order valence-corrected chi connectivity index (χ1v) is 7.39. The molecular weight excluding hydrogens is 378 g/mol. The molecule has 0 saturated heterocycles. The molecule has 2 aromatic carbocycles. The van der Waals surface area contributed by atoms with Gasteiger partial charge >= 0.3 is 0 Å². The maximum Gasteiger partial charge on any atom is 0.0865 e. The second-order valence-corrected chi connectivity index (χ2v) is 6.30. The van der Waals surface area contributed by atoms with Gasteiger partial charge in [-0.2, -0.15) is 0 Å². The number of alkyl halides is 1. The van der Waals surface area contributed by atoms with Crippen molar-refractivity contribution in [2.24, 2.45) is 0 Å². The summed E-state index contributed by atoms with van der Waals surface area (Å²) in [5.74, 6) is 0. The minimum atomic E-state index is -0.443. The van der Waals surface area contributed by atoms with Crippen LogP contribution in [0.2, 0.25) is 15.1 Å². The van der Waals surface area contributed by atoms with E-state index in [2.05, 4.69) is 15.9 Å². The SMILES string of the molecule is Clc1ccc(Cl)c(C(Cl)c2cc(Br)ccc2Cl)c1. The lowest BCUT2D eigenvalue weighted by Crippen LogP contribution is -1.96. The van der Waals surface area contributed by atoms with Crippen molar-refractivity contribution in [3.05, 3.63) is 67.1 Å². The number of hydrogen-bond donors (Lipinski definition) is 0. The fourth-order valence-electron chi connectivity index (χ4n) is 1.59. The summed E-state index contributed by atoms with van der Waals surface area (Å²) in [6.07, 6.45) is 0. The van der Waals surface area contributed by atoms with Gasteiger partial charge in [-0.3, -0.25) is 0 Å². The zero-order valence-electron chi connectivity index (χ0n) is 8.93. The van der Waals surface area contributed by atoms with Crippen LogP contribution in [-0.4, -0.2) is 0 Å². The van der Waals surface area contributed by atoms with E-state index in [0.717, 1.165) is 15.6 Å². The van der Waals surface area contributed by atoms with E-state index >= 15 is 0 Å². The summed E-state index contributed by atoms with van der Waals surface area (Å²) in [6, 6.07) is 10.7. The highest BCUT2D eigenvalue weighted by molar-refractivity contribution is 9.10. The fraction of sp³-hybridized carbons (Fsp3) is 0.0769. The van der Waals surface area contributed by atoms with Crippen molar-refractivity contribution in [1.82, 2.24) is 0 Å². The van der Waals surface area contributed by atoms with E-state index in [-0.39, 0.29) is 0 Å². The van der Waals surface area contributed by atoms with Crippen molar-refractivity contribution >= 4 is 62.3 Å². The second kappa shape index (κ2) is 6.02. The number of benzene rings is 2. The molecule has 0 fully saturated rings. The lowest BCUT2D eigenvalue weighted by Gasteiger charge is -2.14. The maximum atomic E-state index is 6.44. The summed E-state index contributed by atoms with van der Waals surface area (Å²) in [6.45, 7) is 0. The predicted molar refractivity (Wildman–Crippen MR) is 83.3 cm³/mol. The predicted octanol–water partition coefficient (Wildman–Crippen LogP) is 6.74. The van der Waals surface area contributed by atoms with Gasteiger partial charge < -0.3 is 0 Å². The molecule has 0 spiro atoms. The number of halogens is 5. The summed E-state index contributed by atoms with van der Waals surface area (Å²) < 4.78 is 0.908. The zero-order chi connectivity index (χ0) is 13.3. The van der Waals surface area contributed by atoms with Crippen LogP contribution in [0, 0.1) is 0 Å². The minimum absolute atomic E-state index is 0.443. The fourth-order valence-corrected chi connectivity index (χ4v) is 3.07. The monoisotopic (exact) mass is 382 g/mol. The lowest BCUT2D eigenvalue weighted by molar-refractivity contribution is 1.14. The third-order valence-electron chi connectivity index (χ3n) is 2.46. The molecule has 0 aliphatic carbocycles. The Hall–Kier alpha value is 0.0800. The van der Waals surface area contributed by atoms with Crippen LogP contribution < -0.4 is 0 Å². The molecule has 0 N–H and O–H groups in total. The van der Waals surface area contributed by atoms with Gasteiger partial charge in [-0.05, 0) is 47.5 Å². The van der Waals surface area contributed by atoms with E-state index in [9.17, 15) is 0 Å². The molecule has 18 heavy (non-hydrogen) atoms. The third-order valence-corrected chi connectivity index (χ3v) is 4.35. The molecule has 0 nitrogen and oxygen atoms in total. The van der Waals surface area contributed by atoms with Crippen LogP contribution in [0.5, 0.6) is 0 Å². The Kier molecular flexibility index (Phi) is 4.85. The quantitative estimate of drug-likeness (QED) is 0.503. The van der Waals surface area contributed by atoms with E-state index in [1.165, 1.54) is 0 Å². The van der Waals surface area contributed by atoms with E-state index in [1.807, 2.05) is 12.1 Å². The smallest absolute Gasteiger partial charge is 0.0865 e. The van der Waals surface area contributed by atoms with Crippen LogP contribution in [0.15, 0.2) is 40.9 Å². The van der Waals surface area contributed by atoms with Crippen LogP contribution in [0.25, 0.3) is 0 Å². The molecule has 0 bridgehead atoms. The van der Waals surface area contributed by atoms with Crippen LogP contribution in [0.4, 0.5) is 0 Å². The summed E-state index contributed by atoms with van der Waals surface area (Å²) in [4.78, 5) is 0. The van der Waals surface area contributed by atoms with Crippen molar-refractivity contribution in [3.63, 3.8) is 0 Å². The Morgan fingerprint density at radius 2 is 1.39 bits per heavy atom. The van der Waals surface area contributed by atoms with Crippen molar-refractivity contribution in [2.75, 3.05) is 0 Å². The summed E-state index contributed by atoms with van der Waals surface area (Å²) in [5.41, 5.74) is 1.53. The molecule has 0 radical (unpaired) electrons. The Bertz CT molecular complexity index is 532. The van der Waals surface area contributed by atoms with E-state index in [4.69, 9.17) is 46.4 Å². The third kappa shape index (κ3) is 3.15. The highest BCUT2D eigenvalue weighted by Gasteiger charge is 2.17. The van der Waals surface area contributed by atoms with Crippen molar-refractivity contribution in [1.29, 1.82) is 0 Å². The lowest BCUT2D eigenvalue weighted by atomic mass is 10.0. The highest BCUT2D eigenvalue weighted by Crippen LogP contribution is 2.39. The Morgan fingerprint density at radius 1 is 0.833 bits per heavy atom. The largest absolute Gasteiger partial charge is 0.112 e. The molecule has 0 amide bonds. The number of hydrogen-bond acceptors (Lipinski definition) is 0. The molecular formula is C13H7BrCl4. The molecule has 94 valence electrons. The number of rotatable bonds is 2. The molecule has 0 aromatic heterocycles. The molecule has 0 aliphatic heterocycles. The van der Waals surface area contributed by atoms with Crippen LogP contribution in [0.1, 0.15) is 16.5 Å². The van der Waals surface area contributed by atoms with Gasteiger partial charge in [0.15, 0.2) is 0 Å². The molecule has 1 atom stereocenters. The highest BCUT2D eigenvalue weighted by atomic mass is 79.9. The molecule has 5 heteroatoms. The van der Waals surface area contributed by atoms with E-state index in [0.29, 0.717) is 15.1 Å². The zero-order valence-corrected chi connectivity index (χ0v) is 13.5. The maximum absolute atomic E-state index is 6.44. The van der Waals surface area contributed by atoms with Crippen LogP contribution >= 0.6 is 62.3 Å². The standard InChI is InChI=1S/C13H7BrCl4/c14-7-1-3-11(16)9(5-7)13(18)10-6-8(15)2-4-12(10)17/h1-6,13H. The first kappa shape index (κ1) is 14.5. The first-order chi connectivity index (χ1) is 8.49. The Labute approximate surface area is 134 Å². The Balaban J connectivity index is 2.50. The summed E-state index contributed by atoms with van der Waals surface area (Å²) in [7, 11) is 0. The Morgan fingerprint density at radius 3 is 2.06 bits per heavy atom. The molecule has 0 aliphatic rings. The molecule has 1 unspecified atom stereocenters. The van der Waals surface area contributed by atoms with Gasteiger partial charge in [0.2, 0.25) is 0 Å². The minimum Gasteiger partial charge on any atom is -0.112 e. The summed E-state index contributed by atoms with van der Waals surface area (Å²) >= 11 is 28.1. The molecule has 0 saturated carbocycles. The van der Waals surface area contributed by atoms with Crippen LogP contribution in [0.3, 0.4) is 0 Å². The van der Waals surface area contributed by atoms with Gasteiger partial charge in [-0.1, -0.05) is 50.7 Å². The average molecular weight is 385 g/mol. The van der Waals surface area contributed by atoms with Gasteiger partial charge in [0.1, 0.15) is 0 Å². The molecule has 0 heterocycles. The van der Waals surface area contributed by atoms with Gasteiger partial charge in [0, 0.05) is 19.5 Å². The van der Waals surface area contributed by atoms with E-state index in [1.54, 1.807) is 24.3 Å². The van der Waals surface area contributed by atoms with Crippen molar-refractivity contribution in [3.8, 4) is 0 Å². The van der Waals surface area contributed by atoms with Crippen LogP contribution in [-0.2, 0) is 0 Å². The normalized spacial score (nSPS) is 12.5. The van der Waals surface area contributed by atoms with Gasteiger partial charge in [0.05, 0.1) is 5.38 Å². The van der Waals surface area contributed by atoms with E-state index < -0.39 is 5.38 Å². The van der Waals surface area contributed by atoms with Gasteiger partial charge in [-0.25, -0.2) is 0 Å². The van der Waals surface area contributed by atoms with Crippen molar-refractivity contribution < 1.29 is 0 Å². The van der Waals surface area contributed by atoms with Gasteiger partial charge in [-0.15, -0.1) is 11.6 Å². The summed E-state index contributed by atoms with van der Waals surface area (Å²) in [5, 5.41) is 1.30. The molecule has 2 rings (SSSR count). The average Bonchev–Trinajstić information content (AvgIpc) is 2.34. The van der Waals surface area contributed by atoms with Gasteiger partial charge in [0.25, 0.3) is 0 Å². The first-order valence-electron chi connectivity index (χ1n) is 5.03. The topological polar surface area (TPSA) is 0 Å².